The van der Waals surface area contributed by atoms with Crippen molar-refractivity contribution in [1.82, 2.24) is 9.88 Å². The molecule has 1 N–H and O–H groups in total. The van der Waals surface area contributed by atoms with E-state index in [1.54, 1.807) is 38.6 Å². The van der Waals surface area contributed by atoms with Gasteiger partial charge in [-0.1, -0.05) is 12.1 Å². The van der Waals surface area contributed by atoms with E-state index in [0.29, 0.717) is 29.5 Å². The third kappa shape index (κ3) is 3.74. The summed E-state index contributed by atoms with van der Waals surface area (Å²) in [5, 5.41) is 9.00. The van der Waals surface area contributed by atoms with Crippen molar-refractivity contribution in [2.45, 2.75) is 18.9 Å². The quantitative estimate of drug-likeness (QED) is 0.870. The van der Waals surface area contributed by atoms with Gasteiger partial charge in [-0.15, -0.1) is 0 Å². The van der Waals surface area contributed by atoms with Gasteiger partial charge in [-0.05, 0) is 36.6 Å². The van der Waals surface area contributed by atoms with Crippen LogP contribution in [0.2, 0.25) is 0 Å². The number of hydrogen-bond acceptors (Lipinski definition) is 5. The van der Waals surface area contributed by atoms with Crippen molar-refractivity contribution in [3.63, 3.8) is 0 Å². The lowest BCUT2D eigenvalue weighted by molar-refractivity contribution is 0.0697. The molecule has 6 heteroatoms. The van der Waals surface area contributed by atoms with E-state index < -0.39 is 5.97 Å². The highest BCUT2D eigenvalue weighted by atomic mass is 16.5. The number of pyridine rings is 1. The molecule has 0 bridgehead atoms. The predicted octanol–water partition coefficient (Wildman–Crippen LogP) is 2.79. The fraction of sp³-hybridized carbons (Fsp3) is 0.368. The van der Waals surface area contributed by atoms with Crippen molar-refractivity contribution >= 4 is 5.97 Å². The molecule has 0 radical (unpaired) electrons. The predicted molar refractivity (Wildman–Crippen MR) is 93.4 cm³/mol. The summed E-state index contributed by atoms with van der Waals surface area (Å²) in [5.41, 5.74) is 2.37. The first-order chi connectivity index (χ1) is 12.1. The largest absolute Gasteiger partial charge is 0.493 e. The number of ether oxygens (including phenoxy) is 2. The Kier molecular flexibility index (Phi) is 5.19. The monoisotopic (exact) mass is 342 g/mol. The number of aromatic carboxylic acids is 1. The Hall–Kier alpha value is -2.60. The molecule has 1 aliphatic rings. The maximum atomic E-state index is 11.0. The van der Waals surface area contributed by atoms with Crippen molar-refractivity contribution in [1.29, 1.82) is 0 Å². The van der Waals surface area contributed by atoms with E-state index in [-0.39, 0.29) is 0 Å². The highest BCUT2D eigenvalue weighted by Crippen LogP contribution is 2.33. The molecule has 0 aliphatic carbocycles. The summed E-state index contributed by atoms with van der Waals surface area (Å²) in [7, 11) is 3.24. The van der Waals surface area contributed by atoms with Gasteiger partial charge in [0.15, 0.2) is 11.5 Å². The van der Waals surface area contributed by atoms with Gasteiger partial charge >= 0.3 is 5.97 Å². The Labute approximate surface area is 147 Å². The van der Waals surface area contributed by atoms with Gasteiger partial charge in [0.25, 0.3) is 0 Å². The number of benzene rings is 1. The zero-order valence-corrected chi connectivity index (χ0v) is 14.4. The molecule has 1 saturated heterocycles. The molecule has 6 nitrogen and oxygen atoms in total. The van der Waals surface area contributed by atoms with Gasteiger partial charge in [0.05, 0.1) is 19.8 Å². The summed E-state index contributed by atoms with van der Waals surface area (Å²) in [6, 6.07) is 8.98. The SMILES string of the molecule is COc1ccnc(CN2CCC(c3ccc(C(=O)O)cc3)C2)c1OC. The Balaban J connectivity index is 1.68. The molecule has 0 amide bonds. The number of carbonyl (C=O) groups is 1. The first-order valence-electron chi connectivity index (χ1n) is 8.24. The van der Waals surface area contributed by atoms with Crippen LogP contribution >= 0.6 is 0 Å². The van der Waals surface area contributed by atoms with Crippen molar-refractivity contribution in [2.24, 2.45) is 0 Å². The molecule has 0 saturated carbocycles. The van der Waals surface area contributed by atoms with E-state index in [2.05, 4.69) is 9.88 Å². The van der Waals surface area contributed by atoms with Crippen molar-refractivity contribution in [3.05, 3.63) is 53.3 Å². The van der Waals surface area contributed by atoms with Crippen LogP contribution < -0.4 is 9.47 Å². The van der Waals surface area contributed by atoms with Crippen LogP contribution in [0.15, 0.2) is 36.5 Å². The van der Waals surface area contributed by atoms with Crippen LogP contribution in [0.1, 0.15) is 34.0 Å². The van der Waals surface area contributed by atoms with Crippen LogP contribution in [0.3, 0.4) is 0 Å². The minimum atomic E-state index is -0.893. The second-order valence-electron chi connectivity index (χ2n) is 6.14. The summed E-state index contributed by atoms with van der Waals surface area (Å²) >= 11 is 0. The molecule has 1 aliphatic heterocycles. The number of aromatic nitrogens is 1. The molecule has 3 rings (SSSR count). The lowest BCUT2D eigenvalue weighted by Crippen LogP contribution is -2.21. The average Bonchev–Trinajstić information content (AvgIpc) is 3.10. The standard InChI is InChI=1S/C19H22N2O4/c1-24-17-7-9-20-16(18(17)25-2)12-21-10-8-15(11-21)13-3-5-14(6-4-13)19(22)23/h3-7,9,15H,8,10-12H2,1-2H3,(H,22,23). The van der Waals surface area contributed by atoms with Gasteiger partial charge in [0.1, 0.15) is 5.69 Å². The van der Waals surface area contributed by atoms with Crippen LogP contribution in [-0.4, -0.2) is 48.3 Å². The minimum Gasteiger partial charge on any atom is -0.493 e. The molecule has 1 unspecified atom stereocenters. The van der Waals surface area contributed by atoms with Crippen LogP contribution in [0.5, 0.6) is 11.5 Å². The summed E-state index contributed by atoms with van der Waals surface area (Å²) in [6.07, 6.45) is 2.77. The number of rotatable bonds is 6. The van der Waals surface area contributed by atoms with E-state index >= 15 is 0 Å². The van der Waals surface area contributed by atoms with E-state index in [1.807, 2.05) is 12.1 Å². The molecular formula is C19H22N2O4. The van der Waals surface area contributed by atoms with Gasteiger partial charge in [0.2, 0.25) is 0 Å². The summed E-state index contributed by atoms with van der Waals surface area (Å²) in [4.78, 5) is 17.7. The number of hydrogen-bond donors (Lipinski definition) is 1. The molecule has 2 aromatic rings. The molecule has 1 atom stereocenters. The van der Waals surface area contributed by atoms with Crippen molar-refractivity contribution in [2.75, 3.05) is 27.3 Å². The van der Waals surface area contributed by atoms with E-state index in [4.69, 9.17) is 14.6 Å². The Morgan fingerprint density at radius 2 is 2.00 bits per heavy atom. The fourth-order valence-corrected chi connectivity index (χ4v) is 3.32. The highest BCUT2D eigenvalue weighted by Gasteiger charge is 2.25. The topological polar surface area (TPSA) is 71.9 Å². The zero-order chi connectivity index (χ0) is 17.8. The smallest absolute Gasteiger partial charge is 0.335 e. The van der Waals surface area contributed by atoms with Gasteiger partial charge in [0, 0.05) is 25.4 Å². The van der Waals surface area contributed by atoms with E-state index in [0.717, 1.165) is 25.2 Å². The number of likely N-dealkylation sites (tertiary alicyclic amines) is 1. The minimum absolute atomic E-state index is 0.323. The average molecular weight is 342 g/mol. The molecule has 0 spiro atoms. The lowest BCUT2D eigenvalue weighted by Gasteiger charge is -2.18. The number of methoxy groups -OCH3 is 2. The molecule has 2 heterocycles. The fourth-order valence-electron chi connectivity index (χ4n) is 3.32. The van der Waals surface area contributed by atoms with Gasteiger partial charge in [-0.25, -0.2) is 4.79 Å². The van der Waals surface area contributed by atoms with Gasteiger partial charge in [-0.3, -0.25) is 9.88 Å². The first kappa shape index (κ1) is 17.2. The van der Waals surface area contributed by atoms with Crippen LogP contribution in [0.4, 0.5) is 0 Å². The number of nitrogens with zero attached hydrogens (tertiary/aromatic N) is 2. The second-order valence-corrected chi connectivity index (χ2v) is 6.14. The maximum absolute atomic E-state index is 11.0. The molecule has 1 aromatic carbocycles. The van der Waals surface area contributed by atoms with Gasteiger partial charge in [-0.2, -0.15) is 0 Å². The summed E-state index contributed by atoms with van der Waals surface area (Å²) in [6.45, 7) is 2.58. The Bertz CT molecular complexity index is 746. The summed E-state index contributed by atoms with van der Waals surface area (Å²) < 4.78 is 10.8. The van der Waals surface area contributed by atoms with Crippen LogP contribution in [0, 0.1) is 0 Å². The lowest BCUT2D eigenvalue weighted by atomic mass is 9.97. The molecule has 1 fully saturated rings. The second kappa shape index (κ2) is 7.53. The first-order valence-corrected chi connectivity index (χ1v) is 8.24. The van der Waals surface area contributed by atoms with Crippen molar-refractivity contribution in [3.8, 4) is 11.5 Å². The van der Waals surface area contributed by atoms with E-state index in [9.17, 15) is 4.79 Å². The Morgan fingerprint density at radius 1 is 1.24 bits per heavy atom. The molecule has 132 valence electrons. The highest BCUT2D eigenvalue weighted by molar-refractivity contribution is 5.87. The Morgan fingerprint density at radius 3 is 2.64 bits per heavy atom. The number of carboxylic acid groups (broad SMARTS) is 1. The number of carboxylic acids is 1. The van der Waals surface area contributed by atoms with Crippen LogP contribution in [0.25, 0.3) is 0 Å². The molecular weight excluding hydrogens is 320 g/mol. The third-order valence-corrected chi connectivity index (χ3v) is 4.64. The van der Waals surface area contributed by atoms with E-state index in [1.165, 1.54) is 5.56 Å². The normalized spacial score (nSPS) is 17.4. The van der Waals surface area contributed by atoms with Crippen LogP contribution in [-0.2, 0) is 6.54 Å². The zero-order valence-electron chi connectivity index (χ0n) is 14.4. The third-order valence-electron chi connectivity index (χ3n) is 4.64. The maximum Gasteiger partial charge on any atom is 0.335 e. The molecule has 1 aromatic heterocycles. The molecule has 25 heavy (non-hydrogen) atoms. The van der Waals surface area contributed by atoms with Gasteiger partial charge < -0.3 is 14.6 Å². The van der Waals surface area contributed by atoms with Crippen molar-refractivity contribution < 1.29 is 19.4 Å². The summed E-state index contributed by atoms with van der Waals surface area (Å²) in [5.74, 6) is 0.877.